The van der Waals surface area contributed by atoms with Crippen molar-refractivity contribution in [3.8, 4) is 0 Å². The Kier molecular flexibility index (Phi) is 7.23. The molecule has 1 aliphatic heterocycles. The summed E-state index contributed by atoms with van der Waals surface area (Å²) in [6.45, 7) is 5.02. The normalized spacial score (nSPS) is 41.4. The third-order valence-corrected chi connectivity index (χ3v) is 7.84. The first-order valence-corrected chi connectivity index (χ1v) is 11.7. The molecule has 1 atom stereocenters. The largest absolute Gasteiger partial charge is 0.352 e. The molecule has 1 saturated heterocycles. The SMILES string of the molecule is C=CC1COC(C2CCC(C3C=C(F)C(C4CCC(CF)CC4)=CC3)CC2)OC1. The lowest BCUT2D eigenvalue weighted by Gasteiger charge is -2.39. The van der Waals surface area contributed by atoms with Crippen molar-refractivity contribution in [2.75, 3.05) is 19.9 Å². The van der Waals surface area contributed by atoms with Gasteiger partial charge in [-0.05, 0) is 93.1 Å². The van der Waals surface area contributed by atoms with Gasteiger partial charge in [-0.25, -0.2) is 4.39 Å². The van der Waals surface area contributed by atoms with Crippen molar-refractivity contribution in [1.29, 1.82) is 0 Å². The molecule has 4 aliphatic rings. The van der Waals surface area contributed by atoms with E-state index in [0.29, 0.717) is 42.8 Å². The van der Waals surface area contributed by atoms with Crippen molar-refractivity contribution in [2.45, 2.75) is 64.1 Å². The predicted octanol–water partition coefficient (Wildman–Crippen LogP) is 6.54. The fourth-order valence-electron chi connectivity index (χ4n) is 5.82. The van der Waals surface area contributed by atoms with Gasteiger partial charge < -0.3 is 9.47 Å². The number of rotatable bonds is 5. The number of hydrogen-bond acceptors (Lipinski definition) is 2. The molecule has 4 heteroatoms. The monoisotopic (exact) mass is 406 g/mol. The quantitative estimate of drug-likeness (QED) is 0.482. The molecular formula is C25H36F2O2. The van der Waals surface area contributed by atoms with E-state index in [1.807, 2.05) is 12.2 Å². The van der Waals surface area contributed by atoms with Gasteiger partial charge in [0.2, 0.25) is 0 Å². The minimum atomic E-state index is -0.222. The van der Waals surface area contributed by atoms with Crippen LogP contribution in [-0.2, 0) is 9.47 Å². The Balaban J connectivity index is 1.25. The van der Waals surface area contributed by atoms with Crippen LogP contribution >= 0.6 is 0 Å². The third-order valence-electron chi connectivity index (χ3n) is 7.84. The van der Waals surface area contributed by atoms with E-state index in [4.69, 9.17) is 9.47 Å². The Hall–Kier alpha value is -1.00. The van der Waals surface area contributed by atoms with Crippen LogP contribution in [0.3, 0.4) is 0 Å². The molecule has 0 radical (unpaired) electrons. The number of ether oxygens (including phenoxy) is 2. The van der Waals surface area contributed by atoms with Crippen LogP contribution in [0.5, 0.6) is 0 Å². The predicted molar refractivity (Wildman–Crippen MR) is 112 cm³/mol. The van der Waals surface area contributed by atoms with Crippen LogP contribution in [0.1, 0.15) is 57.8 Å². The van der Waals surface area contributed by atoms with Gasteiger partial charge in [0.25, 0.3) is 0 Å². The second-order valence-electron chi connectivity index (χ2n) is 9.65. The number of alkyl halides is 1. The molecule has 1 heterocycles. The molecule has 3 fully saturated rings. The van der Waals surface area contributed by atoms with E-state index in [0.717, 1.165) is 63.4 Å². The fraction of sp³-hybridized carbons (Fsp3) is 0.760. The van der Waals surface area contributed by atoms with E-state index < -0.39 is 0 Å². The second kappa shape index (κ2) is 9.87. The summed E-state index contributed by atoms with van der Waals surface area (Å²) < 4.78 is 39.6. The third kappa shape index (κ3) is 5.02. The van der Waals surface area contributed by atoms with E-state index in [1.165, 1.54) is 0 Å². The number of halogens is 2. The van der Waals surface area contributed by atoms with Gasteiger partial charge in [-0.2, -0.15) is 0 Å². The lowest BCUT2D eigenvalue weighted by atomic mass is 9.71. The highest BCUT2D eigenvalue weighted by Gasteiger charge is 2.35. The summed E-state index contributed by atoms with van der Waals surface area (Å²) >= 11 is 0. The van der Waals surface area contributed by atoms with Crippen LogP contribution in [0.4, 0.5) is 8.78 Å². The highest BCUT2D eigenvalue weighted by Crippen LogP contribution is 2.44. The summed E-state index contributed by atoms with van der Waals surface area (Å²) in [4.78, 5) is 0. The minimum Gasteiger partial charge on any atom is -0.352 e. The zero-order valence-corrected chi connectivity index (χ0v) is 17.5. The maximum absolute atomic E-state index is 14.9. The van der Waals surface area contributed by atoms with Crippen molar-refractivity contribution < 1.29 is 18.3 Å². The van der Waals surface area contributed by atoms with Crippen LogP contribution in [0, 0.1) is 35.5 Å². The Morgan fingerprint density at radius 3 is 2.21 bits per heavy atom. The summed E-state index contributed by atoms with van der Waals surface area (Å²) in [5.41, 5.74) is 0.910. The van der Waals surface area contributed by atoms with Crippen LogP contribution in [0.25, 0.3) is 0 Å². The maximum Gasteiger partial charge on any atom is 0.160 e. The van der Waals surface area contributed by atoms with Crippen LogP contribution in [-0.4, -0.2) is 26.2 Å². The molecule has 0 bridgehead atoms. The second-order valence-corrected chi connectivity index (χ2v) is 9.65. The van der Waals surface area contributed by atoms with Gasteiger partial charge in [0.15, 0.2) is 6.29 Å². The van der Waals surface area contributed by atoms with Crippen molar-refractivity contribution in [1.82, 2.24) is 0 Å². The van der Waals surface area contributed by atoms with Crippen molar-refractivity contribution >= 4 is 0 Å². The van der Waals surface area contributed by atoms with E-state index in [2.05, 4.69) is 12.7 Å². The van der Waals surface area contributed by atoms with E-state index in [1.54, 1.807) is 0 Å². The zero-order valence-electron chi connectivity index (χ0n) is 17.5. The van der Waals surface area contributed by atoms with Crippen LogP contribution < -0.4 is 0 Å². The van der Waals surface area contributed by atoms with E-state index in [-0.39, 0.29) is 24.7 Å². The molecule has 0 N–H and O–H groups in total. The van der Waals surface area contributed by atoms with Crippen molar-refractivity contribution in [2.24, 2.45) is 35.5 Å². The van der Waals surface area contributed by atoms with Crippen LogP contribution in [0.2, 0.25) is 0 Å². The van der Waals surface area contributed by atoms with Crippen LogP contribution in [0.15, 0.2) is 36.2 Å². The van der Waals surface area contributed by atoms with Gasteiger partial charge in [0.1, 0.15) is 5.83 Å². The molecule has 2 saturated carbocycles. The van der Waals surface area contributed by atoms with Gasteiger partial charge in [0, 0.05) is 11.8 Å². The smallest absolute Gasteiger partial charge is 0.160 e. The van der Waals surface area contributed by atoms with E-state index in [9.17, 15) is 8.78 Å². The lowest BCUT2D eigenvalue weighted by Crippen LogP contribution is -2.38. The van der Waals surface area contributed by atoms with Gasteiger partial charge in [-0.3, -0.25) is 4.39 Å². The Morgan fingerprint density at radius 1 is 0.966 bits per heavy atom. The summed E-state index contributed by atoms with van der Waals surface area (Å²) in [5.74, 6) is 2.15. The Bertz CT molecular complexity index is 604. The molecule has 162 valence electrons. The molecule has 4 rings (SSSR count). The average molecular weight is 407 g/mol. The highest BCUT2D eigenvalue weighted by atomic mass is 19.1. The maximum atomic E-state index is 14.9. The molecule has 0 amide bonds. The standard InChI is InChI=1S/C25H36F2O2/c1-2-17-15-28-25(29-16-17)21-9-7-19(8-10-21)22-11-12-23(24(27)13-22)20-5-3-18(14-26)4-6-20/h2,12-13,17-22,25H,1,3-11,14-16H2. The molecular weight excluding hydrogens is 370 g/mol. The highest BCUT2D eigenvalue weighted by molar-refractivity contribution is 5.32. The lowest BCUT2D eigenvalue weighted by molar-refractivity contribution is -0.223. The summed E-state index contributed by atoms with van der Waals surface area (Å²) in [6, 6.07) is 0. The molecule has 2 nitrogen and oxygen atoms in total. The molecule has 0 spiro atoms. The van der Waals surface area contributed by atoms with Gasteiger partial charge in [-0.15, -0.1) is 6.58 Å². The summed E-state index contributed by atoms with van der Waals surface area (Å²) in [7, 11) is 0. The molecule has 0 aromatic carbocycles. The molecule has 1 unspecified atom stereocenters. The zero-order chi connectivity index (χ0) is 20.2. The summed E-state index contributed by atoms with van der Waals surface area (Å²) in [5, 5.41) is 0. The number of allylic oxidation sites excluding steroid dienone is 4. The molecule has 0 aromatic rings. The van der Waals surface area contributed by atoms with Gasteiger partial charge >= 0.3 is 0 Å². The minimum absolute atomic E-state index is 0.00138. The molecule has 0 aromatic heterocycles. The van der Waals surface area contributed by atoms with Gasteiger partial charge in [-0.1, -0.05) is 12.2 Å². The first-order chi connectivity index (χ1) is 14.2. The average Bonchev–Trinajstić information content (AvgIpc) is 2.79. The van der Waals surface area contributed by atoms with E-state index >= 15 is 0 Å². The van der Waals surface area contributed by atoms with Crippen molar-refractivity contribution in [3.05, 3.63) is 36.2 Å². The first kappa shape index (κ1) is 21.2. The Morgan fingerprint density at radius 2 is 1.62 bits per heavy atom. The topological polar surface area (TPSA) is 18.5 Å². The fourth-order valence-corrected chi connectivity index (χ4v) is 5.82. The first-order valence-electron chi connectivity index (χ1n) is 11.7. The van der Waals surface area contributed by atoms with Gasteiger partial charge in [0.05, 0.1) is 19.9 Å². The Labute approximate surface area is 174 Å². The number of hydrogen-bond donors (Lipinski definition) is 0. The summed E-state index contributed by atoms with van der Waals surface area (Å²) in [6.07, 6.45) is 15.0. The van der Waals surface area contributed by atoms with Crippen molar-refractivity contribution in [3.63, 3.8) is 0 Å². The molecule has 29 heavy (non-hydrogen) atoms. The molecule has 3 aliphatic carbocycles.